The van der Waals surface area contributed by atoms with Crippen LogP contribution >= 0.6 is 11.8 Å². The van der Waals surface area contributed by atoms with E-state index in [-0.39, 0.29) is 12.5 Å². The maximum Gasteiger partial charge on any atom is 0.389 e. The van der Waals surface area contributed by atoms with Crippen molar-refractivity contribution in [2.45, 2.75) is 58.7 Å². The van der Waals surface area contributed by atoms with Crippen LogP contribution in [0, 0.1) is 5.92 Å². The summed E-state index contributed by atoms with van der Waals surface area (Å²) in [6.45, 7) is 7.27. The average molecular weight is 285 g/mol. The van der Waals surface area contributed by atoms with E-state index in [1.54, 1.807) is 0 Å². The summed E-state index contributed by atoms with van der Waals surface area (Å²) < 4.78 is 36.3. The lowest BCUT2D eigenvalue weighted by atomic mass is 10.1. The molecule has 18 heavy (non-hydrogen) atoms. The van der Waals surface area contributed by atoms with Crippen LogP contribution in [0.1, 0.15) is 46.5 Å². The Morgan fingerprint density at radius 2 is 1.83 bits per heavy atom. The molecule has 0 aromatic carbocycles. The molecule has 0 aromatic rings. The molecule has 0 rings (SSSR count). The lowest BCUT2D eigenvalue weighted by Gasteiger charge is -2.19. The van der Waals surface area contributed by atoms with Crippen LogP contribution in [0.4, 0.5) is 13.2 Å². The Hall–Kier alpha value is 0.100. The molecule has 110 valence electrons. The van der Waals surface area contributed by atoms with Gasteiger partial charge in [-0.25, -0.2) is 0 Å². The number of thioether (sulfide) groups is 1. The molecular weight excluding hydrogens is 259 g/mol. The van der Waals surface area contributed by atoms with Gasteiger partial charge in [0.2, 0.25) is 0 Å². The Bertz CT molecular complexity index is 195. The van der Waals surface area contributed by atoms with Gasteiger partial charge in [-0.3, -0.25) is 0 Å². The number of alkyl halides is 3. The molecule has 0 heterocycles. The van der Waals surface area contributed by atoms with Crippen LogP contribution in [-0.4, -0.2) is 30.3 Å². The smallest absolute Gasteiger partial charge is 0.313 e. The molecule has 0 aliphatic carbocycles. The average Bonchev–Trinajstić information content (AvgIpc) is 2.23. The monoisotopic (exact) mass is 285 g/mol. The van der Waals surface area contributed by atoms with E-state index in [1.165, 1.54) is 0 Å². The molecule has 0 spiro atoms. The van der Waals surface area contributed by atoms with E-state index in [9.17, 15) is 13.2 Å². The van der Waals surface area contributed by atoms with Crippen molar-refractivity contribution >= 4 is 11.8 Å². The maximum atomic E-state index is 12.1. The highest BCUT2D eigenvalue weighted by Crippen LogP contribution is 2.23. The minimum Gasteiger partial charge on any atom is -0.313 e. The minimum absolute atomic E-state index is 0.219. The first kappa shape index (κ1) is 18.1. The van der Waals surface area contributed by atoms with Crippen molar-refractivity contribution in [1.29, 1.82) is 0 Å². The van der Waals surface area contributed by atoms with Gasteiger partial charge in [0.1, 0.15) is 0 Å². The highest BCUT2D eigenvalue weighted by molar-refractivity contribution is 7.99. The summed E-state index contributed by atoms with van der Waals surface area (Å²) >= 11 is 1.83. The summed E-state index contributed by atoms with van der Waals surface area (Å²) in [4.78, 5) is 0. The zero-order valence-electron chi connectivity index (χ0n) is 11.6. The fourth-order valence-electron chi connectivity index (χ4n) is 1.59. The van der Waals surface area contributed by atoms with Gasteiger partial charge in [0.05, 0.1) is 0 Å². The maximum absolute atomic E-state index is 12.1. The lowest BCUT2D eigenvalue weighted by molar-refractivity contribution is -0.135. The van der Waals surface area contributed by atoms with Crippen molar-refractivity contribution in [3.63, 3.8) is 0 Å². The van der Waals surface area contributed by atoms with Crippen LogP contribution in [-0.2, 0) is 0 Å². The number of rotatable bonds is 10. The number of hydrogen-bond acceptors (Lipinski definition) is 2. The first-order chi connectivity index (χ1) is 8.35. The zero-order valence-corrected chi connectivity index (χ0v) is 12.5. The van der Waals surface area contributed by atoms with Gasteiger partial charge < -0.3 is 5.32 Å². The van der Waals surface area contributed by atoms with Crippen LogP contribution in [0.25, 0.3) is 0 Å². The minimum atomic E-state index is -4.01. The standard InChI is InChI=1S/C13H26F3NS/c1-4-8-17-12(10-18-9-11(2)3)6-5-7-13(14,15)16/h11-12,17H,4-10H2,1-3H3. The van der Waals surface area contributed by atoms with E-state index in [4.69, 9.17) is 0 Å². The second-order valence-electron chi connectivity index (χ2n) is 5.09. The summed E-state index contributed by atoms with van der Waals surface area (Å²) in [5, 5.41) is 3.34. The van der Waals surface area contributed by atoms with Gasteiger partial charge >= 0.3 is 6.18 Å². The number of halogens is 3. The van der Waals surface area contributed by atoms with Gasteiger partial charge in [0.25, 0.3) is 0 Å². The van der Waals surface area contributed by atoms with Crippen LogP contribution < -0.4 is 5.32 Å². The molecule has 0 aromatic heterocycles. The molecule has 0 saturated heterocycles. The van der Waals surface area contributed by atoms with Crippen LogP contribution in [0.2, 0.25) is 0 Å². The molecular formula is C13H26F3NS. The number of hydrogen-bond donors (Lipinski definition) is 1. The zero-order chi connectivity index (χ0) is 14.0. The highest BCUT2D eigenvalue weighted by Gasteiger charge is 2.26. The fraction of sp³-hybridized carbons (Fsp3) is 1.00. The van der Waals surface area contributed by atoms with Crippen molar-refractivity contribution in [2.24, 2.45) is 5.92 Å². The Morgan fingerprint density at radius 3 is 2.33 bits per heavy atom. The predicted molar refractivity (Wildman–Crippen MR) is 74.2 cm³/mol. The Balaban J connectivity index is 3.83. The van der Waals surface area contributed by atoms with Crippen LogP contribution in [0.15, 0.2) is 0 Å². The second-order valence-corrected chi connectivity index (χ2v) is 6.16. The molecule has 1 atom stereocenters. The first-order valence-corrected chi connectivity index (χ1v) is 7.88. The molecule has 5 heteroatoms. The second kappa shape index (κ2) is 9.96. The summed E-state index contributed by atoms with van der Waals surface area (Å²) in [6, 6.07) is 0.219. The predicted octanol–water partition coefficient (Wildman–Crippen LogP) is 4.48. The van der Waals surface area contributed by atoms with Crippen molar-refractivity contribution in [3.05, 3.63) is 0 Å². The Morgan fingerprint density at radius 1 is 1.17 bits per heavy atom. The molecule has 0 amide bonds. The van der Waals surface area contributed by atoms with Crippen molar-refractivity contribution in [3.8, 4) is 0 Å². The van der Waals surface area contributed by atoms with Gasteiger partial charge in [0.15, 0.2) is 0 Å². The molecule has 0 aliphatic heterocycles. The Labute approximate surface area is 113 Å². The van der Waals surface area contributed by atoms with E-state index in [1.807, 2.05) is 11.8 Å². The van der Waals surface area contributed by atoms with Crippen molar-refractivity contribution < 1.29 is 13.2 Å². The third-order valence-electron chi connectivity index (χ3n) is 2.47. The van der Waals surface area contributed by atoms with Crippen LogP contribution in [0.5, 0.6) is 0 Å². The topological polar surface area (TPSA) is 12.0 Å². The highest BCUT2D eigenvalue weighted by atomic mass is 32.2. The molecule has 1 N–H and O–H groups in total. The van der Waals surface area contributed by atoms with Gasteiger partial charge in [-0.05, 0) is 37.5 Å². The van der Waals surface area contributed by atoms with E-state index >= 15 is 0 Å². The van der Waals surface area contributed by atoms with E-state index in [0.29, 0.717) is 12.3 Å². The normalized spacial score (nSPS) is 14.2. The molecule has 0 bridgehead atoms. The molecule has 1 nitrogen and oxygen atoms in total. The molecule has 0 radical (unpaired) electrons. The third kappa shape index (κ3) is 12.6. The van der Waals surface area contributed by atoms with Crippen molar-refractivity contribution in [2.75, 3.05) is 18.1 Å². The third-order valence-corrected chi connectivity index (χ3v) is 4.01. The first-order valence-electron chi connectivity index (χ1n) is 6.73. The van der Waals surface area contributed by atoms with Gasteiger partial charge in [-0.1, -0.05) is 20.8 Å². The molecule has 1 unspecified atom stereocenters. The summed E-state index contributed by atoms with van der Waals surface area (Å²) in [7, 11) is 0. The van der Waals surface area contributed by atoms with Crippen molar-refractivity contribution in [1.82, 2.24) is 5.32 Å². The van der Waals surface area contributed by atoms with Gasteiger partial charge in [-0.2, -0.15) is 24.9 Å². The lowest BCUT2D eigenvalue weighted by Crippen LogP contribution is -2.32. The van der Waals surface area contributed by atoms with Gasteiger partial charge in [0, 0.05) is 18.2 Å². The van der Waals surface area contributed by atoms with E-state index in [0.717, 1.165) is 24.5 Å². The summed E-state index contributed by atoms with van der Waals surface area (Å²) in [5.41, 5.74) is 0. The van der Waals surface area contributed by atoms with E-state index < -0.39 is 12.6 Å². The fourth-order valence-corrected chi connectivity index (χ4v) is 2.76. The SMILES string of the molecule is CCCNC(CCCC(F)(F)F)CSCC(C)C. The molecule has 0 fully saturated rings. The quantitative estimate of drug-likeness (QED) is 0.635. The van der Waals surface area contributed by atoms with Crippen LogP contribution in [0.3, 0.4) is 0 Å². The number of nitrogens with one attached hydrogen (secondary N) is 1. The summed E-state index contributed by atoms with van der Waals surface area (Å²) in [6.07, 6.45) is -2.81. The summed E-state index contributed by atoms with van der Waals surface area (Å²) in [5.74, 6) is 2.62. The molecule has 0 saturated carbocycles. The largest absolute Gasteiger partial charge is 0.389 e. The molecule has 0 aliphatic rings. The van der Waals surface area contributed by atoms with E-state index in [2.05, 4.69) is 26.1 Å². The van der Waals surface area contributed by atoms with Gasteiger partial charge in [-0.15, -0.1) is 0 Å². The Kier molecular flexibility index (Phi) is 10.0.